The van der Waals surface area contributed by atoms with Crippen LogP contribution in [-0.4, -0.2) is 25.5 Å². The van der Waals surface area contributed by atoms with Gasteiger partial charge in [0.1, 0.15) is 12.4 Å². The maximum Gasteiger partial charge on any atom is 0.192 e. The van der Waals surface area contributed by atoms with Crippen LogP contribution in [0, 0.1) is 6.92 Å². The molecular formula is C26H40NO3Si. The predicted octanol–water partition coefficient (Wildman–Crippen LogP) is 6.02. The minimum absolute atomic E-state index is 0.0843. The summed E-state index contributed by atoms with van der Waals surface area (Å²) in [5, 5.41) is 13.6. The first-order valence-electron chi connectivity index (χ1n) is 11.0. The van der Waals surface area contributed by atoms with E-state index in [1.165, 1.54) is 0 Å². The number of hydrogen-bond donors (Lipinski definition) is 2. The first-order chi connectivity index (χ1) is 14.3. The van der Waals surface area contributed by atoms with Crippen LogP contribution in [0.5, 0.6) is 5.75 Å². The number of rotatable bonds is 10. The molecule has 0 aromatic heterocycles. The zero-order valence-corrected chi connectivity index (χ0v) is 21.3. The number of benzene rings is 2. The van der Waals surface area contributed by atoms with Crippen molar-refractivity contribution in [3.8, 4) is 5.75 Å². The molecule has 0 bridgehead atoms. The zero-order chi connectivity index (χ0) is 23.3. The molecule has 0 amide bonds. The molecule has 2 aromatic carbocycles. The van der Waals surface area contributed by atoms with E-state index < -0.39 is 8.32 Å². The first-order valence-corrected chi connectivity index (χ1v) is 13.9. The smallest absolute Gasteiger partial charge is 0.192 e. The summed E-state index contributed by atoms with van der Waals surface area (Å²) in [5.41, 5.74) is 2.65. The van der Waals surface area contributed by atoms with Crippen LogP contribution in [0.25, 0.3) is 0 Å². The van der Waals surface area contributed by atoms with Crippen molar-refractivity contribution in [3.63, 3.8) is 0 Å². The topological polar surface area (TPSA) is 50.7 Å². The van der Waals surface area contributed by atoms with Crippen molar-refractivity contribution in [2.45, 2.75) is 77.6 Å². The van der Waals surface area contributed by atoms with Crippen molar-refractivity contribution in [2.75, 3.05) is 6.54 Å². The SMILES string of the molecule is [CH2]C(C)(C)NC[C@@H](O[Si](C)(C)C(C)(C)C)c1ccc(OCc2ccccc2)c(CO)c1. The molecule has 31 heavy (non-hydrogen) atoms. The second-order valence-electron chi connectivity index (χ2n) is 10.4. The summed E-state index contributed by atoms with van der Waals surface area (Å²) in [4.78, 5) is 0. The quantitative estimate of drug-likeness (QED) is 0.442. The normalized spacial score (nSPS) is 13.8. The van der Waals surface area contributed by atoms with E-state index >= 15 is 0 Å². The summed E-state index contributed by atoms with van der Waals surface area (Å²) in [7, 11) is -2.00. The largest absolute Gasteiger partial charge is 0.489 e. The Morgan fingerprint density at radius 3 is 2.23 bits per heavy atom. The second kappa shape index (κ2) is 10.3. The minimum Gasteiger partial charge on any atom is -0.489 e. The molecule has 0 aliphatic carbocycles. The molecular weight excluding hydrogens is 402 g/mol. The summed E-state index contributed by atoms with van der Waals surface area (Å²) in [6.45, 7) is 20.6. The zero-order valence-electron chi connectivity index (χ0n) is 20.3. The van der Waals surface area contributed by atoms with Crippen LogP contribution in [0.3, 0.4) is 0 Å². The molecule has 0 spiro atoms. The number of aliphatic hydroxyl groups excluding tert-OH is 1. The van der Waals surface area contributed by atoms with Gasteiger partial charge in [-0.3, -0.25) is 0 Å². The molecule has 0 unspecified atom stereocenters. The molecule has 5 heteroatoms. The Bertz CT molecular complexity index is 823. The summed E-state index contributed by atoms with van der Waals surface area (Å²) < 4.78 is 12.8. The van der Waals surface area contributed by atoms with Crippen LogP contribution in [-0.2, 0) is 17.6 Å². The Morgan fingerprint density at radius 2 is 1.68 bits per heavy atom. The van der Waals surface area contributed by atoms with E-state index in [1.54, 1.807) is 0 Å². The Kier molecular flexibility index (Phi) is 8.51. The molecule has 2 N–H and O–H groups in total. The lowest BCUT2D eigenvalue weighted by Crippen LogP contribution is -2.46. The van der Waals surface area contributed by atoms with Gasteiger partial charge in [-0.25, -0.2) is 0 Å². The molecule has 0 aliphatic rings. The molecule has 0 heterocycles. The molecule has 0 saturated carbocycles. The van der Waals surface area contributed by atoms with E-state index in [9.17, 15) is 5.11 Å². The van der Waals surface area contributed by atoms with Gasteiger partial charge in [-0.05, 0) is 62.2 Å². The van der Waals surface area contributed by atoms with Crippen molar-refractivity contribution in [1.29, 1.82) is 0 Å². The monoisotopic (exact) mass is 442 g/mol. The van der Waals surface area contributed by atoms with Crippen LogP contribution in [0.1, 0.15) is 57.4 Å². The third-order valence-electron chi connectivity index (χ3n) is 5.87. The summed E-state index contributed by atoms with van der Waals surface area (Å²) >= 11 is 0. The maximum atomic E-state index is 10.0. The van der Waals surface area contributed by atoms with Gasteiger partial charge in [0.25, 0.3) is 0 Å². The molecule has 0 fully saturated rings. The molecule has 1 atom stereocenters. The summed E-state index contributed by atoms with van der Waals surface area (Å²) in [6, 6.07) is 16.0. The lowest BCUT2D eigenvalue weighted by atomic mass is 10.0. The Hall–Kier alpha value is -1.66. The highest BCUT2D eigenvalue weighted by atomic mass is 28.4. The molecule has 4 nitrogen and oxygen atoms in total. The number of ether oxygens (including phenoxy) is 1. The first kappa shape index (κ1) is 25.6. The number of hydrogen-bond acceptors (Lipinski definition) is 4. The third-order valence-corrected chi connectivity index (χ3v) is 10.4. The molecule has 2 aromatic rings. The van der Waals surface area contributed by atoms with Gasteiger partial charge in [0.15, 0.2) is 8.32 Å². The highest BCUT2D eigenvalue weighted by Crippen LogP contribution is 2.40. The summed E-state index contributed by atoms with van der Waals surface area (Å²) in [6.07, 6.45) is -0.129. The van der Waals surface area contributed by atoms with Crippen LogP contribution < -0.4 is 10.1 Å². The van der Waals surface area contributed by atoms with Gasteiger partial charge >= 0.3 is 0 Å². The van der Waals surface area contributed by atoms with E-state index in [2.05, 4.69) is 66.0 Å². The highest BCUT2D eigenvalue weighted by Gasteiger charge is 2.39. The maximum absolute atomic E-state index is 10.0. The fraction of sp³-hybridized carbons (Fsp3) is 0.500. The van der Waals surface area contributed by atoms with Gasteiger partial charge in [-0.1, -0.05) is 57.2 Å². The Balaban J connectivity index is 2.27. The van der Waals surface area contributed by atoms with Gasteiger partial charge in [0.05, 0.1) is 12.7 Å². The van der Waals surface area contributed by atoms with Crippen molar-refractivity contribution in [1.82, 2.24) is 5.32 Å². The molecule has 0 saturated heterocycles. The van der Waals surface area contributed by atoms with Gasteiger partial charge in [-0.2, -0.15) is 0 Å². The van der Waals surface area contributed by atoms with Gasteiger partial charge < -0.3 is 19.6 Å². The molecule has 0 aliphatic heterocycles. The number of aliphatic hydroxyl groups is 1. The lowest BCUT2D eigenvalue weighted by Gasteiger charge is -2.40. The van der Waals surface area contributed by atoms with Crippen LogP contribution in [0.15, 0.2) is 48.5 Å². The predicted molar refractivity (Wildman–Crippen MR) is 132 cm³/mol. The third kappa shape index (κ3) is 7.76. The molecule has 171 valence electrons. The van der Waals surface area contributed by atoms with E-state index in [0.29, 0.717) is 18.9 Å². The van der Waals surface area contributed by atoms with Crippen molar-refractivity contribution in [3.05, 3.63) is 72.1 Å². The standard InChI is InChI=1S/C26H40NO3Si/c1-25(2,3)27-17-24(30-31(7,8)26(4,5)6)21-14-15-23(22(16-21)18-28)29-19-20-12-10-9-11-13-20/h9-16,24,27-28H,1,17-19H2,2-8H3/t24-/m1/s1. The molecule has 1 radical (unpaired) electrons. The fourth-order valence-electron chi connectivity index (χ4n) is 2.93. The number of nitrogens with one attached hydrogen (secondary N) is 1. The average molecular weight is 443 g/mol. The Labute approximate surface area is 190 Å². The van der Waals surface area contributed by atoms with E-state index in [4.69, 9.17) is 9.16 Å². The second-order valence-corrected chi connectivity index (χ2v) is 15.2. The van der Waals surface area contributed by atoms with Crippen LogP contribution in [0.4, 0.5) is 0 Å². The van der Waals surface area contributed by atoms with Crippen LogP contribution in [0.2, 0.25) is 18.1 Å². The lowest BCUT2D eigenvalue weighted by molar-refractivity contribution is 0.171. The van der Waals surface area contributed by atoms with Crippen molar-refractivity contribution in [2.24, 2.45) is 0 Å². The van der Waals surface area contributed by atoms with Crippen molar-refractivity contribution < 1.29 is 14.3 Å². The highest BCUT2D eigenvalue weighted by molar-refractivity contribution is 6.74. The minimum atomic E-state index is -2.00. The Morgan fingerprint density at radius 1 is 1.03 bits per heavy atom. The van der Waals surface area contributed by atoms with Gasteiger partial charge in [0.2, 0.25) is 0 Å². The van der Waals surface area contributed by atoms with E-state index in [1.807, 2.05) is 42.5 Å². The fourth-order valence-corrected chi connectivity index (χ4v) is 4.21. The van der Waals surface area contributed by atoms with Gasteiger partial charge in [-0.15, -0.1) is 0 Å². The summed E-state index contributed by atoms with van der Waals surface area (Å²) in [5.74, 6) is 0.701. The van der Waals surface area contributed by atoms with Crippen LogP contribution >= 0.6 is 0 Å². The average Bonchev–Trinajstić information content (AvgIpc) is 2.68. The van der Waals surface area contributed by atoms with E-state index in [-0.39, 0.29) is 23.3 Å². The molecule has 2 rings (SSSR count). The van der Waals surface area contributed by atoms with Gasteiger partial charge in [0, 0.05) is 17.6 Å². The van der Waals surface area contributed by atoms with E-state index in [0.717, 1.165) is 16.7 Å². The van der Waals surface area contributed by atoms with Crippen molar-refractivity contribution >= 4 is 8.32 Å².